The predicted molar refractivity (Wildman–Crippen MR) is 93.8 cm³/mol. The van der Waals surface area contributed by atoms with Gasteiger partial charge in [0.15, 0.2) is 0 Å². The van der Waals surface area contributed by atoms with Crippen LogP contribution in [0.4, 0.5) is 0 Å². The quantitative estimate of drug-likeness (QED) is 0.769. The first kappa shape index (κ1) is 16.1. The zero-order chi connectivity index (χ0) is 16.3. The lowest BCUT2D eigenvalue weighted by atomic mass is 9.80. The van der Waals surface area contributed by atoms with E-state index in [4.69, 9.17) is 11.5 Å². The zero-order valence-electron chi connectivity index (χ0n) is 13.8. The standard InChI is InChI=1S/C19H26N4/c1-2-3-4-5-6-11-16(20)19(21)14-9-7-12-22-17(14)18-15(19)10-8-13-23-18/h7-10,12-13,16H,2-6,11,20-21H2,1H3. The van der Waals surface area contributed by atoms with Crippen LogP contribution in [0.1, 0.15) is 56.6 Å². The Labute approximate surface area is 138 Å². The maximum absolute atomic E-state index is 6.86. The normalized spacial score (nSPS) is 16.0. The Morgan fingerprint density at radius 2 is 1.52 bits per heavy atom. The summed E-state index contributed by atoms with van der Waals surface area (Å²) < 4.78 is 0. The van der Waals surface area contributed by atoms with Gasteiger partial charge in [0.25, 0.3) is 0 Å². The number of hydrogen-bond acceptors (Lipinski definition) is 4. The van der Waals surface area contributed by atoms with Gasteiger partial charge in [0, 0.05) is 29.6 Å². The highest BCUT2D eigenvalue weighted by Gasteiger charge is 2.45. The van der Waals surface area contributed by atoms with Gasteiger partial charge in [-0.2, -0.15) is 0 Å². The van der Waals surface area contributed by atoms with Crippen LogP contribution < -0.4 is 11.5 Å². The van der Waals surface area contributed by atoms with Crippen LogP contribution in [0.5, 0.6) is 0 Å². The van der Waals surface area contributed by atoms with E-state index in [-0.39, 0.29) is 6.04 Å². The molecule has 122 valence electrons. The lowest BCUT2D eigenvalue weighted by Crippen LogP contribution is -2.52. The number of unbranched alkanes of at least 4 members (excludes halogenated alkanes) is 4. The number of nitrogens with two attached hydrogens (primary N) is 2. The second-order valence-electron chi connectivity index (χ2n) is 6.48. The number of rotatable bonds is 7. The molecule has 0 amide bonds. The van der Waals surface area contributed by atoms with Crippen molar-refractivity contribution >= 4 is 0 Å². The van der Waals surface area contributed by atoms with Gasteiger partial charge in [-0.3, -0.25) is 9.97 Å². The molecule has 1 atom stereocenters. The van der Waals surface area contributed by atoms with Crippen LogP contribution in [0.3, 0.4) is 0 Å². The number of aromatic nitrogens is 2. The lowest BCUT2D eigenvalue weighted by molar-refractivity contribution is 0.391. The van der Waals surface area contributed by atoms with E-state index >= 15 is 0 Å². The smallest absolute Gasteiger partial charge is 0.0944 e. The summed E-state index contributed by atoms with van der Waals surface area (Å²) in [6.07, 6.45) is 10.7. The molecule has 2 aromatic rings. The summed E-state index contributed by atoms with van der Waals surface area (Å²) in [4.78, 5) is 9.00. The molecule has 0 spiro atoms. The van der Waals surface area contributed by atoms with E-state index in [2.05, 4.69) is 16.9 Å². The van der Waals surface area contributed by atoms with Crippen molar-refractivity contribution in [3.05, 3.63) is 47.8 Å². The molecule has 3 rings (SSSR count). The zero-order valence-corrected chi connectivity index (χ0v) is 13.8. The van der Waals surface area contributed by atoms with E-state index < -0.39 is 5.54 Å². The Morgan fingerprint density at radius 3 is 2.09 bits per heavy atom. The van der Waals surface area contributed by atoms with E-state index in [0.717, 1.165) is 35.4 Å². The number of fused-ring (bicyclic) bond motifs is 3. The summed E-state index contributed by atoms with van der Waals surface area (Å²) in [5.74, 6) is 0. The molecule has 23 heavy (non-hydrogen) atoms. The third-order valence-electron chi connectivity index (χ3n) is 4.93. The fourth-order valence-electron chi connectivity index (χ4n) is 3.60. The molecule has 1 unspecified atom stereocenters. The molecule has 0 aliphatic heterocycles. The fraction of sp³-hybridized carbons (Fsp3) is 0.474. The Balaban J connectivity index is 1.85. The molecule has 0 saturated heterocycles. The third kappa shape index (κ3) is 2.77. The van der Waals surface area contributed by atoms with Crippen molar-refractivity contribution in [2.45, 2.75) is 57.0 Å². The van der Waals surface area contributed by atoms with Gasteiger partial charge in [0.2, 0.25) is 0 Å². The van der Waals surface area contributed by atoms with Crippen molar-refractivity contribution in [2.24, 2.45) is 11.5 Å². The average Bonchev–Trinajstić information content (AvgIpc) is 2.86. The maximum Gasteiger partial charge on any atom is 0.0944 e. The molecule has 4 heteroatoms. The van der Waals surface area contributed by atoms with Gasteiger partial charge in [-0.1, -0.05) is 51.2 Å². The van der Waals surface area contributed by atoms with Gasteiger partial charge in [-0.25, -0.2) is 0 Å². The van der Waals surface area contributed by atoms with Crippen LogP contribution in [0, 0.1) is 0 Å². The number of nitrogens with zero attached hydrogens (tertiary/aromatic N) is 2. The van der Waals surface area contributed by atoms with Crippen LogP contribution >= 0.6 is 0 Å². The second kappa shape index (κ2) is 6.77. The van der Waals surface area contributed by atoms with Gasteiger partial charge in [0.05, 0.1) is 16.9 Å². The number of pyridine rings is 2. The van der Waals surface area contributed by atoms with E-state index in [1.165, 1.54) is 25.7 Å². The molecule has 0 bridgehead atoms. The molecule has 4 nitrogen and oxygen atoms in total. The molecule has 0 aromatic carbocycles. The van der Waals surface area contributed by atoms with Crippen molar-refractivity contribution in [3.8, 4) is 11.4 Å². The average molecular weight is 310 g/mol. The summed E-state index contributed by atoms with van der Waals surface area (Å²) >= 11 is 0. The summed E-state index contributed by atoms with van der Waals surface area (Å²) in [6, 6.07) is 7.82. The highest BCUT2D eigenvalue weighted by Crippen LogP contribution is 2.45. The minimum absolute atomic E-state index is 0.127. The monoisotopic (exact) mass is 310 g/mol. The van der Waals surface area contributed by atoms with Crippen LogP contribution in [-0.2, 0) is 5.54 Å². The van der Waals surface area contributed by atoms with Gasteiger partial charge in [-0.05, 0) is 18.6 Å². The maximum atomic E-state index is 6.86. The first-order valence-corrected chi connectivity index (χ1v) is 8.65. The van der Waals surface area contributed by atoms with E-state index in [0.29, 0.717) is 0 Å². The summed E-state index contributed by atoms with van der Waals surface area (Å²) in [5, 5.41) is 0. The minimum Gasteiger partial charge on any atom is -0.326 e. The third-order valence-corrected chi connectivity index (χ3v) is 4.93. The topological polar surface area (TPSA) is 77.8 Å². The molecule has 0 saturated carbocycles. The van der Waals surface area contributed by atoms with Gasteiger partial charge >= 0.3 is 0 Å². The first-order chi connectivity index (χ1) is 11.2. The molecule has 1 aliphatic carbocycles. The Bertz CT molecular complexity index is 622. The van der Waals surface area contributed by atoms with Crippen molar-refractivity contribution in [1.29, 1.82) is 0 Å². The van der Waals surface area contributed by atoms with Crippen LogP contribution in [0.2, 0.25) is 0 Å². The highest BCUT2D eigenvalue weighted by molar-refractivity contribution is 5.75. The molecule has 0 radical (unpaired) electrons. The Kier molecular flexibility index (Phi) is 4.74. The summed E-state index contributed by atoms with van der Waals surface area (Å²) in [7, 11) is 0. The Hall–Kier alpha value is -1.78. The van der Waals surface area contributed by atoms with Gasteiger partial charge < -0.3 is 11.5 Å². The SMILES string of the molecule is CCCCCCCC(N)C1(N)c2cccnc2-c2ncccc21. The van der Waals surface area contributed by atoms with Crippen molar-refractivity contribution in [3.63, 3.8) is 0 Å². The minimum atomic E-state index is -0.683. The fourth-order valence-corrected chi connectivity index (χ4v) is 3.60. The molecule has 4 N–H and O–H groups in total. The van der Waals surface area contributed by atoms with Crippen LogP contribution in [-0.4, -0.2) is 16.0 Å². The van der Waals surface area contributed by atoms with Gasteiger partial charge in [-0.15, -0.1) is 0 Å². The molecular weight excluding hydrogens is 284 g/mol. The van der Waals surface area contributed by atoms with Gasteiger partial charge in [0.1, 0.15) is 0 Å². The molecular formula is C19H26N4. The molecule has 1 aliphatic rings. The van der Waals surface area contributed by atoms with Crippen molar-refractivity contribution in [1.82, 2.24) is 9.97 Å². The van der Waals surface area contributed by atoms with Crippen LogP contribution in [0.25, 0.3) is 11.4 Å². The summed E-state index contributed by atoms with van der Waals surface area (Å²) in [5.41, 5.74) is 16.5. The second-order valence-corrected chi connectivity index (χ2v) is 6.48. The van der Waals surface area contributed by atoms with E-state index in [1.807, 2.05) is 24.3 Å². The highest BCUT2D eigenvalue weighted by atomic mass is 14.9. The van der Waals surface area contributed by atoms with Crippen molar-refractivity contribution < 1.29 is 0 Å². The van der Waals surface area contributed by atoms with E-state index in [1.54, 1.807) is 12.4 Å². The largest absolute Gasteiger partial charge is 0.326 e. The number of hydrogen-bond donors (Lipinski definition) is 2. The predicted octanol–water partition coefficient (Wildman–Crippen LogP) is 3.35. The first-order valence-electron chi connectivity index (χ1n) is 8.65. The Morgan fingerprint density at radius 1 is 0.957 bits per heavy atom. The molecule has 0 fully saturated rings. The van der Waals surface area contributed by atoms with Crippen molar-refractivity contribution in [2.75, 3.05) is 0 Å². The molecule has 2 heterocycles. The molecule has 2 aromatic heterocycles. The summed E-state index contributed by atoms with van der Waals surface area (Å²) in [6.45, 7) is 2.23. The van der Waals surface area contributed by atoms with E-state index in [9.17, 15) is 0 Å². The van der Waals surface area contributed by atoms with Crippen LogP contribution in [0.15, 0.2) is 36.7 Å². The lowest BCUT2D eigenvalue weighted by Gasteiger charge is -2.33.